The lowest BCUT2D eigenvalue weighted by Crippen LogP contribution is -2.51. The lowest BCUT2D eigenvalue weighted by Gasteiger charge is -2.34. The predicted octanol–water partition coefficient (Wildman–Crippen LogP) is 8.27. The molecule has 2 aliphatic heterocycles. The molecular weight excluding hydrogens is 485 g/mol. The zero-order chi connectivity index (χ0) is 25.9. The van der Waals surface area contributed by atoms with E-state index in [4.69, 9.17) is 0 Å². The van der Waals surface area contributed by atoms with Crippen LogP contribution < -0.4 is 10.3 Å². The lowest BCUT2D eigenvalue weighted by atomic mass is 9.60. The highest BCUT2D eigenvalue weighted by molar-refractivity contribution is 6.82. The summed E-state index contributed by atoms with van der Waals surface area (Å²) in [6.45, 7) is 0.0666. The van der Waals surface area contributed by atoms with E-state index in [1.54, 1.807) is 0 Å². The summed E-state index contributed by atoms with van der Waals surface area (Å²) in [6, 6.07) is 49.1. The quantitative estimate of drug-likeness (QED) is 0.204. The standard InChI is InChI=1S/C36H22BN3/c1-6-16-30-24(11-1)25-12-4-9-19-33(25)39-35-22-23(21-29-28-15-5-10-20-34(28)40(36(29)35)37(30)39)38-31-17-7-2-13-26(31)27-14-3-8-18-32(27)38/h1-22H. The molecule has 0 fully saturated rings. The molecule has 0 unspecified atom stereocenters. The molecule has 0 saturated carbocycles. The van der Waals surface area contributed by atoms with Crippen LogP contribution >= 0.6 is 0 Å². The van der Waals surface area contributed by atoms with E-state index in [2.05, 4.69) is 147 Å². The van der Waals surface area contributed by atoms with Crippen LogP contribution in [-0.4, -0.2) is 16.0 Å². The van der Waals surface area contributed by atoms with Crippen molar-refractivity contribution in [3.05, 3.63) is 133 Å². The van der Waals surface area contributed by atoms with Crippen LogP contribution in [0.2, 0.25) is 0 Å². The van der Waals surface area contributed by atoms with Gasteiger partial charge in [0, 0.05) is 44.0 Å². The molecule has 0 radical (unpaired) electrons. The van der Waals surface area contributed by atoms with Gasteiger partial charge in [-0.2, -0.15) is 0 Å². The van der Waals surface area contributed by atoms with Gasteiger partial charge in [0.2, 0.25) is 0 Å². The highest BCUT2D eigenvalue weighted by Crippen LogP contribution is 2.50. The number of anilines is 2. The third kappa shape index (κ3) is 2.39. The van der Waals surface area contributed by atoms with Gasteiger partial charge in [-0.1, -0.05) is 97.1 Å². The van der Waals surface area contributed by atoms with Crippen molar-refractivity contribution in [3.8, 4) is 16.8 Å². The summed E-state index contributed by atoms with van der Waals surface area (Å²) >= 11 is 0. The fourth-order valence-electron chi connectivity index (χ4n) is 7.53. The number of benzene rings is 6. The van der Waals surface area contributed by atoms with Crippen molar-refractivity contribution in [1.29, 1.82) is 0 Å². The summed E-state index contributed by atoms with van der Waals surface area (Å²) in [6.07, 6.45) is 0. The van der Waals surface area contributed by atoms with Gasteiger partial charge >= 0.3 is 6.98 Å². The van der Waals surface area contributed by atoms with Crippen molar-refractivity contribution in [1.82, 2.24) is 9.05 Å². The van der Waals surface area contributed by atoms with Crippen LogP contribution in [0.25, 0.3) is 60.4 Å². The van der Waals surface area contributed by atoms with E-state index < -0.39 is 0 Å². The minimum Gasteiger partial charge on any atom is -0.359 e. The van der Waals surface area contributed by atoms with Crippen molar-refractivity contribution in [2.24, 2.45) is 0 Å². The lowest BCUT2D eigenvalue weighted by molar-refractivity contribution is 1.18. The molecule has 4 heteroatoms. The Hall–Kier alpha value is -5.22. The highest BCUT2D eigenvalue weighted by Gasteiger charge is 2.45. The first-order valence-corrected chi connectivity index (χ1v) is 13.9. The average Bonchev–Trinajstić information content (AvgIpc) is 3.66. The molecule has 0 aliphatic carbocycles. The van der Waals surface area contributed by atoms with Crippen LogP contribution in [0, 0.1) is 0 Å². The molecule has 0 spiro atoms. The molecule has 4 heterocycles. The molecule has 0 atom stereocenters. The van der Waals surface area contributed by atoms with Crippen molar-refractivity contribution < 1.29 is 0 Å². The summed E-state index contributed by atoms with van der Waals surface area (Å²) in [5.74, 6) is 0. The molecule has 2 aliphatic rings. The molecule has 0 saturated heterocycles. The summed E-state index contributed by atoms with van der Waals surface area (Å²) < 4.78 is 5.02. The Labute approximate surface area is 231 Å². The van der Waals surface area contributed by atoms with Crippen LogP contribution in [0.3, 0.4) is 0 Å². The summed E-state index contributed by atoms with van der Waals surface area (Å²) in [5.41, 5.74) is 12.7. The fraction of sp³-hybridized carbons (Fsp3) is 0. The zero-order valence-electron chi connectivity index (χ0n) is 21.6. The van der Waals surface area contributed by atoms with Gasteiger partial charge in [-0.3, -0.25) is 0 Å². The molecule has 3 nitrogen and oxygen atoms in total. The second-order valence-corrected chi connectivity index (χ2v) is 11.0. The smallest absolute Gasteiger partial charge is 0.359 e. The monoisotopic (exact) mass is 507 g/mol. The van der Waals surface area contributed by atoms with Gasteiger partial charge in [0.05, 0.1) is 22.2 Å². The average molecular weight is 507 g/mol. The fourth-order valence-corrected chi connectivity index (χ4v) is 7.53. The van der Waals surface area contributed by atoms with Gasteiger partial charge in [-0.05, 0) is 47.4 Å². The Morgan fingerprint density at radius 2 is 1.02 bits per heavy atom. The Bertz CT molecular complexity index is 2310. The molecule has 0 amide bonds. The predicted molar refractivity (Wildman–Crippen MR) is 169 cm³/mol. The minimum absolute atomic E-state index is 0.0666. The molecule has 2 aromatic heterocycles. The van der Waals surface area contributed by atoms with Gasteiger partial charge in [0.1, 0.15) is 0 Å². The Kier molecular flexibility index (Phi) is 3.75. The molecule has 0 N–H and O–H groups in total. The maximum absolute atomic E-state index is 2.57. The van der Waals surface area contributed by atoms with Crippen molar-refractivity contribution in [2.45, 2.75) is 0 Å². The summed E-state index contributed by atoms with van der Waals surface area (Å²) in [4.78, 5) is 2.57. The van der Waals surface area contributed by atoms with E-state index in [1.807, 2.05) is 0 Å². The van der Waals surface area contributed by atoms with Gasteiger partial charge in [0.25, 0.3) is 0 Å². The SMILES string of the molecule is c1ccc2c(c1)B1N(c3ccccc3-2)c2cc(-n3c4ccccc4c4ccccc43)cc3c4ccccc4n1c23. The molecule has 8 aromatic rings. The normalized spacial score (nSPS) is 13.4. The van der Waals surface area contributed by atoms with Crippen LogP contribution in [0.15, 0.2) is 133 Å². The van der Waals surface area contributed by atoms with Gasteiger partial charge in [-0.25, -0.2) is 0 Å². The molecule has 10 rings (SSSR count). The van der Waals surface area contributed by atoms with Crippen molar-refractivity contribution in [2.75, 3.05) is 4.81 Å². The number of para-hydroxylation sites is 4. The largest absolute Gasteiger partial charge is 0.421 e. The Morgan fingerprint density at radius 3 is 1.77 bits per heavy atom. The molecular formula is C36H22BN3. The van der Waals surface area contributed by atoms with Crippen LogP contribution in [0.4, 0.5) is 11.4 Å². The number of fused-ring (bicyclic) bond motifs is 14. The second-order valence-electron chi connectivity index (χ2n) is 11.0. The maximum atomic E-state index is 2.57. The summed E-state index contributed by atoms with van der Waals surface area (Å²) in [7, 11) is 0. The molecule has 184 valence electrons. The van der Waals surface area contributed by atoms with Gasteiger partial charge in [0.15, 0.2) is 0 Å². The van der Waals surface area contributed by atoms with Gasteiger partial charge in [-0.15, -0.1) is 0 Å². The third-order valence-electron chi connectivity index (χ3n) is 9.05. The highest BCUT2D eigenvalue weighted by atomic mass is 15.2. The zero-order valence-corrected chi connectivity index (χ0v) is 21.6. The first kappa shape index (κ1) is 20.7. The minimum atomic E-state index is 0.0666. The van der Waals surface area contributed by atoms with Crippen LogP contribution in [0.5, 0.6) is 0 Å². The topological polar surface area (TPSA) is 13.1 Å². The van der Waals surface area contributed by atoms with Crippen LogP contribution in [-0.2, 0) is 0 Å². The van der Waals surface area contributed by atoms with E-state index in [-0.39, 0.29) is 6.98 Å². The van der Waals surface area contributed by atoms with Gasteiger partial charge < -0.3 is 13.9 Å². The number of rotatable bonds is 1. The third-order valence-corrected chi connectivity index (χ3v) is 9.05. The van der Waals surface area contributed by atoms with E-state index >= 15 is 0 Å². The molecule has 6 aromatic carbocycles. The van der Waals surface area contributed by atoms with E-state index in [0.717, 1.165) is 0 Å². The number of hydrogen-bond donors (Lipinski definition) is 0. The maximum Gasteiger partial charge on any atom is 0.421 e. The Balaban J connectivity index is 1.38. The van der Waals surface area contributed by atoms with Crippen molar-refractivity contribution in [3.63, 3.8) is 0 Å². The number of aromatic nitrogens is 2. The van der Waals surface area contributed by atoms with Crippen molar-refractivity contribution >= 4 is 67.4 Å². The summed E-state index contributed by atoms with van der Waals surface area (Å²) in [5, 5.41) is 5.17. The molecule has 40 heavy (non-hydrogen) atoms. The first-order chi connectivity index (χ1) is 19.9. The second kappa shape index (κ2) is 7.25. The molecule has 0 bridgehead atoms. The number of hydrogen-bond acceptors (Lipinski definition) is 1. The van der Waals surface area contributed by atoms with E-state index in [9.17, 15) is 0 Å². The first-order valence-electron chi connectivity index (χ1n) is 13.9. The Morgan fingerprint density at radius 1 is 0.450 bits per heavy atom. The number of nitrogens with zero attached hydrogens (tertiary/aromatic N) is 3. The van der Waals surface area contributed by atoms with Crippen LogP contribution in [0.1, 0.15) is 0 Å². The van der Waals surface area contributed by atoms with E-state index in [1.165, 1.54) is 77.3 Å². The van der Waals surface area contributed by atoms with E-state index in [0.29, 0.717) is 0 Å².